The molecule has 2 fully saturated rings. The molecule has 0 amide bonds. The predicted octanol–water partition coefficient (Wildman–Crippen LogP) is 6.35. The lowest BCUT2D eigenvalue weighted by molar-refractivity contribution is 0.225. The average molecular weight is 433 g/mol. The zero-order valence-corrected chi connectivity index (χ0v) is 17.9. The fraction of sp³-hybridized carbons (Fsp3) is 0.429. The molecule has 4 nitrogen and oxygen atoms in total. The van der Waals surface area contributed by atoms with E-state index in [-0.39, 0.29) is 0 Å². The van der Waals surface area contributed by atoms with Gasteiger partial charge in [-0.15, -0.1) is 0 Å². The lowest BCUT2D eigenvalue weighted by atomic mass is 9.77. The van der Waals surface area contributed by atoms with Crippen molar-refractivity contribution in [2.75, 3.05) is 18.0 Å². The molecule has 1 aliphatic heterocycles. The van der Waals surface area contributed by atoms with Gasteiger partial charge in [0.25, 0.3) is 0 Å². The summed E-state index contributed by atoms with van der Waals surface area (Å²) >= 11 is 14.1. The minimum absolute atomic E-state index is 0.560. The van der Waals surface area contributed by atoms with Crippen molar-refractivity contribution in [3.63, 3.8) is 0 Å². The number of hydrogen-bond acceptors (Lipinski definition) is 4. The van der Waals surface area contributed by atoms with Crippen molar-refractivity contribution in [2.45, 2.75) is 48.3 Å². The maximum Gasteiger partial charge on any atom is 0.211 e. The number of nitrogens with zero attached hydrogens (tertiary/aromatic N) is 4. The Bertz CT molecular complexity index is 1000. The number of rotatable bonds is 3. The van der Waals surface area contributed by atoms with Crippen molar-refractivity contribution < 1.29 is 0 Å². The van der Waals surface area contributed by atoms with Gasteiger partial charge in [0.05, 0.1) is 14.9 Å². The molecule has 0 N–H and O–H groups in total. The summed E-state index contributed by atoms with van der Waals surface area (Å²) in [4.78, 5) is 13.7. The van der Waals surface area contributed by atoms with Gasteiger partial charge in [0.1, 0.15) is 0 Å². The lowest BCUT2D eigenvalue weighted by Crippen LogP contribution is -2.40. The Kier molecular flexibility index (Phi) is 4.93. The van der Waals surface area contributed by atoms with Crippen LogP contribution in [0.3, 0.4) is 0 Å². The number of fused-ring (bicyclic) bond motifs is 1. The minimum atomic E-state index is 0.560. The first kappa shape index (κ1) is 18.6. The van der Waals surface area contributed by atoms with Crippen LogP contribution in [-0.2, 0) is 0 Å². The molecule has 1 aliphatic carbocycles. The number of imidazole rings is 1. The summed E-state index contributed by atoms with van der Waals surface area (Å²) in [5.41, 5.74) is 1.51. The maximum atomic E-state index is 6.37. The summed E-state index contributed by atoms with van der Waals surface area (Å²) in [6.07, 6.45) is 13.9. The molecule has 5 rings (SSSR count). The maximum absolute atomic E-state index is 6.37. The van der Waals surface area contributed by atoms with Crippen molar-refractivity contribution in [3.05, 3.63) is 46.8 Å². The van der Waals surface area contributed by atoms with E-state index in [0.717, 1.165) is 34.5 Å². The first-order chi connectivity index (χ1) is 13.7. The van der Waals surface area contributed by atoms with Crippen molar-refractivity contribution >= 4 is 46.6 Å². The summed E-state index contributed by atoms with van der Waals surface area (Å²) in [6.45, 7) is 2.15. The molecule has 2 aromatic heterocycles. The Morgan fingerprint density at radius 2 is 1.75 bits per heavy atom. The highest BCUT2D eigenvalue weighted by molar-refractivity contribution is 7.99. The second-order valence-electron chi connectivity index (χ2n) is 7.89. The molecule has 146 valence electrons. The van der Waals surface area contributed by atoms with Crippen molar-refractivity contribution in [2.24, 2.45) is 5.41 Å². The normalized spacial score (nSPS) is 19.0. The van der Waals surface area contributed by atoms with E-state index < -0.39 is 0 Å². The predicted molar refractivity (Wildman–Crippen MR) is 116 cm³/mol. The number of benzene rings is 1. The molecule has 1 saturated heterocycles. The molecule has 0 unspecified atom stereocenters. The topological polar surface area (TPSA) is 33.4 Å². The van der Waals surface area contributed by atoms with Crippen LogP contribution in [0.2, 0.25) is 10.0 Å². The first-order valence-corrected chi connectivity index (χ1v) is 11.4. The molecule has 1 saturated carbocycles. The highest BCUT2D eigenvalue weighted by atomic mass is 35.5. The molecule has 3 heterocycles. The molecular formula is C21H22Cl2N4S. The van der Waals surface area contributed by atoms with Gasteiger partial charge in [0.2, 0.25) is 5.95 Å². The van der Waals surface area contributed by atoms with Gasteiger partial charge in [0, 0.05) is 36.6 Å². The summed E-state index contributed by atoms with van der Waals surface area (Å²) in [5.74, 6) is 0.988. The van der Waals surface area contributed by atoms with Crippen LogP contribution in [0, 0.1) is 5.41 Å². The Hall–Kier alpha value is -1.43. The fourth-order valence-electron chi connectivity index (χ4n) is 4.68. The zero-order valence-electron chi connectivity index (χ0n) is 15.6. The van der Waals surface area contributed by atoms with Gasteiger partial charge >= 0.3 is 0 Å². The number of halogens is 2. The molecule has 1 aromatic carbocycles. The SMILES string of the molecule is Clc1cccc(Sc2cnc(N3CCC4(CCCC4)CC3)n3ccnc23)c1Cl. The molecule has 3 aromatic rings. The van der Waals surface area contributed by atoms with Gasteiger partial charge < -0.3 is 4.90 Å². The average Bonchev–Trinajstić information content (AvgIpc) is 3.37. The van der Waals surface area contributed by atoms with E-state index in [1.54, 1.807) is 17.8 Å². The second-order valence-corrected chi connectivity index (χ2v) is 9.76. The van der Waals surface area contributed by atoms with Crippen LogP contribution >= 0.6 is 35.0 Å². The second kappa shape index (κ2) is 7.43. The molecular weight excluding hydrogens is 411 g/mol. The lowest BCUT2D eigenvalue weighted by Gasteiger charge is -2.39. The van der Waals surface area contributed by atoms with Crippen LogP contribution in [0.15, 0.2) is 46.6 Å². The molecule has 7 heteroatoms. The summed E-state index contributed by atoms with van der Waals surface area (Å²) in [5, 5.41) is 1.13. The van der Waals surface area contributed by atoms with E-state index in [9.17, 15) is 0 Å². The Morgan fingerprint density at radius 1 is 0.964 bits per heavy atom. The van der Waals surface area contributed by atoms with Crippen LogP contribution in [0.4, 0.5) is 5.95 Å². The van der Waals surface area contributed by atoms with Gasteiger partial charge in [-0.25, -0.2) is 9.97 Å². The highest BCUT2D eigenvalue weighted by Gasteiger charge is 2.37. The van der Waals surface area contributed by atoms with E-state index in [0.29, 0.717) is 15.5 Å². The third-order valence-corrected chi connectivity index (χ3v) is 8.28. The molecule has 2 aliphatic rings. The molecule has 0 atom stereocenters. The van der Waals surface area contributed by atoms with Crippen LogP contribution < -0.4 is 4.90 Å². The van der Waals surface area contributed by atoms with E-state index in [4.69, 9.17) is 28.2 Å². The van der Waals surface area contributed by atoms with Crippen LogP contribution in [0.25, 0.3) is 5.65 Å². The fourth-order valence-corrected chi connectivity index (χ4v) is 6.08. The van der Waals surface area contributed by atoms with E-state index in [1.165, 1.54) is 38.5 Å². The number of piperidine rings is 1. The third-order valence-electron chi connectivity index (χ3n) is 6.28. The van der Waals surface area contributed by atoms with Crippen molar-refractivity contribution in [3.8, 4) is 0 Å². The Labute approximate surface area is 179 Å². The number of anilines is 1. The van der Waals surface area contributed by atoms with Gasteiger partial charge in [-0.2, -0.15) is 0 Å². The van der Waals surface area contributed by atoms with Crippen LogP contribution in [0.5, 0.6) is 0 Å². The quantitative estimate of drug-likeness (QED) is 0.482. The number of aromatic nitrogens is 3. The zero-order chi connectivity index (χ0) is 19.1. The summed E-state index contributed by atoms with van der Waals surface area (Å²) in [6, 6.07) is 5.68. The van der Waals surface area contributed by atoms with Crippen molar-refractivity contribution in [1.82, 2.24) is 14.4 Å². The van der Waals surface area contributed by atoms with Crippen molar-refractivity contribution in [1.29, 1.82) is 0 Å². The molecule has 0 radical (unpaired) electrons. The van der Waals surface area contributed by atoms with Crippen LogP contribution in [0.1, 0.15) is 38.5 Å². The van der Waals surface area contributed by atoms with Gasteiger partial charge in [0.15, 0.2) is 5.65 Å². The van der Waals surface area contributed by atoms with E-state index >= 15 is 0 Å². The standard InChI is InChI=1S/C21H22Cl2N4S/c22-15-4-3-5-16(18(15)23)28-17-14-25-20(27-13-10-24-19(17)27)26-11-8-21(9-12-26)6-1-2-7-21/h3-5,10,13-14H,1-2,6-9,11-12H2. The number of hydrogen-bond donors (Lipinski definition) is 0. The van der Waals surface area contributed by atoms with Gasteiger partial charge in [-0.3, -0.25) is 4.40 Å². The summed E-state index contributed by atoms with van der Waals surface area (Å²) < 4.78 is 2.10. The highest BCUT2D eigenvalue weighted by Crippen LogP contribution is 2.46. The first-order valence-electron chi connectivity index (χ1n) is 9.84. The molecule has 1 spiro atoms. The monoisotopic (exact) mass is 432 g/mol. The Balaban J connectivity index is 1.43. The summed E-state index contributed by atoms with van der Waals surface area (Å²) in [7, 11) is 0. The van der Waals surface area contributed by atoms with Gasteiger partial charge in [-0.1, -0.05) is 53.9 Å². The third kappa shape index (κ3) is 3.27. The Morgan fingerprint density at radius 3 is 2.54 bits per heavy atom. The molecule has 0 bridgehead atoms. The smallest absolute Gasteiger partial charge is 0.211 e. The van der Waals surface area contributed by atoms with E-state index in [1.807, 2.05) is 30.7 Å². The van der Waals surface area contributed by atoms with E-state index in [2.05, 4.69) is 14.3 Å². The molecule has 28 heavy (non-hydrogen) atoms. The van der Waals surface area contributed by atoms with Crippen LogP contribution in [-0.4, -0.2) is 27.5 Å². The minimum Gasteiger partial charge on any atom is -0.342 e. The van der Waals surface area contributed by atoms with Gasteiger partial charge in [-0.05, 0) is 43.2 Å². The largest absolute Gasteiger partial charge is 0.342 e.